The highest BCUT2D eigenvalue weighted by atomic mass is 32.2. The van der Waals surface area contributed by atoms with Crippen LogP contribution in [0, 0.1) is 0 Å². The minimum atomic E-state index is -3.31. The molecule has 0 atom stereocenters. The maximum atomic E-state index is 12.0. The monoisotopic (exact) mass is 318 g/mol. The van der Waals surface area contributed by atoms with E-state index in [9.17, 15) is 13.2 Å². The second-order valence-corrected chi connectivity index (χ2v) is 9.20. The quantitative estimate of drug-likeness (QED) is 0.463. The second-order valence-electron chi connectivity index (χ2n) is 6.64. The number of carbonyl (C=O) groups excluding carboxylic acids is 1. The Kier molecular flexibility index (Phi) is 10.2. The Morgan fingerprint density at radius 1 is 0.810 bits per heavy atom. The number of rotatable bonds is 13. The van der Waals surface area contributed by atoms with Crippen molar-refractivity contribution in [3.8, 4) is 0 Å². The molecule has 0 saturated carbocycles. The van der Waals surface area contributed by atoms with E-state index in [1.165, 1.54) is 58.8 Å². The Labute approximate surface area is 131 Å². The topological polar surface area (TPSA) is 51.2 Å². The number of Topliss-reactive ketones (excluding diaryl/α,β-unsaturated/α-hetero) is 1. The summed E-state index contributed by atoms with van der Waals surface area (Å²) in [4.78, 5) is 12.0. The van der Waals surface area contributed by atoms with Crippen LogP contribution in [-0.2, 0) is 14.6 Å². The zero-order valence-corrected chi connectivity index (χ0v) is 15.2. The van der Waals surface area contributed by atoms with Gasteiger partial charge in [0, 0.05) is 12.7 Å². The lowest BCUT2D eigenvalue weighted by molar-refractivity contribution is -0.120. The first kappa shape index (κ1) is 20.6. The molecule has 0 aliphatic carbocycles. The number of carbonyl (C=O) groups is 1. The molecule has 3 nitrogen and oxygen atoms in total. The van der Waals surface area contributed by atoms with E-state index in [0.717, 1.165) is 25.5 Å². The van der Waals surface area contributed by atoms with E-state index in [1.807, 2.05) is 0 Å². The van der Waals surface area contributed by atoms with E-state index >= 15 is 0 Å². The molecule has 0 N–H and O–H groups in total. The SMILES string of the molecule is CCCCCCCCCCCCC(=O)C(C)(C)S(C)(=O)=O. The van der Waals surface area contributed by atoms with Crippen LogP contribution in [0.2, 0.25) is 0 Å². The maximum absolute atomic E-state index is 12.0. The van der Waals surface area contributed by atoms with Crippen molar-refractivity contribution in [1.29, 1.82) is 0 Å². The summed E-state index contributed by atoms with van der Waals surface area (Å²) < 4.78 is 21.9. The molecule has 0 heterocycles. The van der Waals surface area contributed by atoms with Crippen molar-refractivity contribution in [3.63, 3.8) is 0 Å². The van der Waals surface area contributed by atoms with Crippen LogP contribution >= 0.6 is 0 Å². The Hall–Kier alpha value is -0.380. The molecule has 126 valence electrons. The molecule has 0 aromatic heterocycles. The molecule has 0 bridgehead atoms. The molecule has 0 radical (unpaired) electrons. The Morgan fingerprint density at radius 3 is 1.57 bits per heavy atom. The minimum absolute atomic E-state index is 0.149. The summed E-state index contributed by atoms with van der Waals surface area (Å²) in [5, 5.41) is 0. The molecule has 0 fully saturated rings. The lowest BCUT2D eigenvalue weighted by Gasteiger charge is -2.20. The first-order chi connectivity index (χ1) is 9.73. The first-order valence-corrected chi connectivity index (χ1v) is 10.4. The van der Waals surface area contributed by atoms with Crippen LogP contribution in [0.4, 0.5) is 0 Å². The molecular weight excluding hydrogens is 284 g/mol. The van der Waals surface area contributed by atoms with Gasteiger partial charge in [-0.25, -0.2) is 8.42 Å². The predicted octanol–water partition coefficient (Wildman–Crippen LogP) is 4.69. The zero-order valence-electron chi connectivity index (χ0n) is 14.4. The minimum Gasteiger partial charge on any atom is -0.298 e. The van der Waals surface area contributed by atoms with Gasteiger partial charge in [0.1, 0.15) is 4.75 Å². The number of hydrogen-bond donors (Lipinski definition) is 0. The summed E-state index contributed by atoms with van der Waals surface area (Å²) in [5.41, 5.74) is 0. The summed E-state index contributed by atoms with van der Waals surface area (Å²) in [7, 11) is -3.31. The summed E-state index contributed by atoms with van der Waals surface area (Å²) in [6.07, 6.45) is 13.7. The number of ketones is 1. The summed E-state index contributed by atoms with van der Waals surface area (Å²) in [6, 6.07) is 0. The van der Waals surface area contributed by atoms with E-state index in [-0.39, 0.29) is 5.78 Å². The third kappa shape index (κ3) is 8.60. The molecule has 0 aliphatic rings. The summed E-state index contributed by atoms with van der Waals surface area (Å²) in [5.74, 6) is -0.149. The van der Waals surface area contributed by atoms with Crippen molar-refractivity contribution in [3.05, 3.63) is 0 Å². The van der Waals surface area contributed by atoms with E-state index in [1.54, 1.807) is 0 Å². The third-order valence-electron chi connectivity index (χ3n) is 4.36. The zero-order chi connectivity index (χ0) is 16.4. The van der Waals surface area contributed by atoms with E-state index in [0.29, 0.717) is 6.42 Å². The standard InChI is InChI=1S/C17H34O3S/c1-5-6-7-8-9-10-11-12-13-14-15-16(18)17(2,3)21(4,19)20/h5-15H2,1-4H3. The fourth-order valence-corrected chi connectivity index (χ4v) is 2.80. The lowest BCUT2D eigenvalue weighted by atomic mass is 10.0. The Bertz CT molecular complexity index is 383. The van der Waals surface area contributed by atoms with Crippen molar-refractivity contribution in [1.82, 2.24) is 0 Å². The van der Waals surface area contributed by atoms with E-state index < -0.39 is 14.6 Å². The second kappa shape index (κ2) is 10.4. The average molecular weight is 319 g/mol. The van der Waals surface area contributed by atoms with Crippen LogP contribution in [0.15, 0.2) is 0 Å². The third-order valence-corrected chi connectivity index (χ3v) is 6.44. The van der Waals surface area contributed by atoms with Crippen LogP contribution in [0.1, 0.15) is 91.4 Å². The van der Waals surface area contributed by atoms with Crippen LogP contribution in [0.3, 0.4) is 0 Å². The number of unbranched alkanes of at least 4 members (excludes halogenated alkanes) is 9. The molecule has 0 rings (SSSR count). The molecule has 4 heteroatoms. The van der Waals surface area contributed by atoms with Gasteiger partial charge < -0.3 is 0 Å². The lowest BCUT2D eigenvalue weighted by Crippen LogP contribution is -2.39. The van der Waals surface area contributed by atoms with Gasteiger partial charge in [-0.05, 0) is 20.3 Å². The Morgan fingerprint density at radius 2 is 1.19 bits per heavy atom. The van der Waals surface area contributed by atoms with Gasteiger partial charge in [-0.1, -0.05) is 64.7 Å². The van der Waals surface area contributed by atoms with Gasteiger partial charge in [0.25, 0.3) is 0 Å². The highest BCUT2D eigenvalue weighted by molar-refractivity contribution is 7.92. The highest BCUT2D eigenvalue weighted by Gasteiger charge is 2.37. The molecule has 0 unspecified atom stereocenters. The largest absolute Gasteiger partial charge is 0.298 e. The van der Waals surface area contributed by atoms with Crippen LogP contribution in [0.25, 0.3) is 0 Å². The number of sulfone groups is 1. The van der Waals surface area contributed by atoms with Gasteiger partial charge in [0.2, 0.25) is 0 Å². The average Bonchev–Trinajstić information content (AvgIpc) is 2.39. The normalized spacial score (nSPS) is 12.6. The molecule has 0 amide bonds. The van der Waals surface area contributed by atoms with E-state index in [4.69, 9.17) is 0 Å². The first-order valence-electron chi connectivity index (χ1n) is 8.46. The molecule has 0 saturated heterocycles. The van der Waals surface area contributed by atoms with Crippen LogP contribution in [-0.4, -0.2) is 25.2 Å². The summed E-state index contributed by atoms with van der Waals surface area (Å²) >= 11 is 0. The summed E-state index contributed by atoms with van der Waals surface area (Å²) in [6.45, 7) is 5.26. The molecule has 0 aromatic rings. The molecular formula is C17H34O3S. The molecule has 0 aromatic carbocycles. The molecule has 0 spiro atoms. The van der Waals surface area contributed by atoms with Crippen LogP contribution < -0.4 is 0 Å². The van der Waals surface area contributed by atoms with Crippen LogP contribution in [0.5, 0.6) is 0 Å². The van der Waals surface area contributed by atoms with Crippen molar-refractivity contribution in [2.24, 2.45) is 0 Å². The van der Waals surface area contributed by atoms with Gasteiger partial charge in [-0.15, -0.1) is 0 Å². The van der Waals surface area contributed by atoms with Crippen molar-refractivity contribution >= 4 is 15.6 Å². The predicted molar refractivity (Wildman–Crippen MR) is 90.4 cm³/mol. The van der Waals surface area contributed by atoms with Crippen molar-refractivity contribution < 1.29 is 13.2 Å². The van der Waals surface area contributed by atoms with Gasteiger partial charge in [-0.3, -0.25) is 4.79 Å². The highest BCUT2D eigenvalue weighted by Crippen LogP contribution is 2.20. The van der Waals surface area contributed by atoms with Gasteiger partial charge in [-0.2, -0.15) is 0 Å². The molecule has 0 aliphatic heterocycles. The van der Waals surface area contributed by atoms with E-state index in [2.05, 4.69) is 6.92 Å². The molecule has 21 heavy (non-hydrogen) atoms. The Balaban J connectivity index is 3.62. The maximum Gasteiger partial charge on any atom is 0.159 e. The van der Waals surface area contributed by atoms with Gasteiger partial charge in [0.05, 0.1) is 0 Å². The fourth-order valence-electron chi connectivity index (χ4n) is 2.28. The van der Waals surface area contributed by atoms with Crippen molar-refractivity contribution in [2.45, 2.75) is 96.1 Å². The number of hydrogen-bond acceptors (Lipinski definition) is 3. The fraction of sp³-hybridized carbons (Fsp3) is 0.941. The van der Waals surface area contributed by atoms with Gasteiger partial charge in [0.15, 0.2) is 15.6 Å². The van der Waals surface area contributed by atoms with Gasteiger partial charge >= 0.3 is 0 Å². The smallest absolute Gasteiger partial charge is 0.159 e. The van der Waals surface area contributed by atoms with Crippen molar-refractivity contribution in [2.75, 3.05) is 6.26 Å².